The van der Waals surface area contributed by atoms with Crippen LogP contribution in [0.1, 0.15) is 37.2 Å². The number of rotatable bonds is 6. The highest BCUT2D eigenvalue weighted by Gasteiger charge is 2.69. The molecule has 2 aliphatic heterocycles. The van der Waals surface area contributed by atoms with E-state index in [1.54, 1.807) is 23.1 Å². The van der Waals surface area contributed by atoms with Crippen LogP contribution in [0.15, 0.2) is 24.3 Å². The lowest BCUT2D eigenvalue weighted by Gasteiger charge is -2.30. The minimum atomic E-state index is -0.764. The van der Waals surface area contributed by atoms with E-state index in [1.807, 2.05) is 6.07 Å². The molecule has 3 amide bonds. The van der Waals surface area contributed by atoms with Crippen molar-refractivity contribution in [2.45, 2.75) is 38.8 Å². The summed E-state index contributed by atoms with van der Waals surface area (Å²) in [6.45, 7) is 5.29. The second kappa shape index (κ2) is 7.87. The van der Waals surface area contributed by atoms with Crippen LogP contribution in [-0.2, 0) is 14.4 Å². The third-order valence-electron chi connectivity index (χ3n) is 7.74. The van der Waals surface area contributed by atoms with Crippen molar-refractivity contribution in [2.75, 3.05) is 13.1 Å². The van der Waals surface area contributed by atoms with Crippen molar-refractivity contribution in [2.24, 2.45) is 23.2 Å². The average Bonchev–Trinajstić information content (AvgIpc) is 3.28. The smallest absolute Gasteiger partial charge is 0.271 e. The van der Waals surface area contributed by atoms with Gasteiger partial charge >= 0.3 is 0 Å². The summed E-state index contributed by atoms with van der Waals surface area (Å²) in [5.41, 5.74) is 1.15. The van der Waals surface area contributed by atoms with Crippen molar-refractivity contribution in [1.29, 1.82) is 0 Å². The van der Waals surface area contributed by atoms with Gasteiger partial charge in [-0.1, -0.05) is 25.4 Å². The molecule has 0 radical (unpaired) electrons. The SMILES string of the molecule is CC1(C)[C@@H]2[C@@H](C(=O)N[C@H](C=O)C[C@@H]3CCNC3=O)N(C(=O)c3cc4cc(Cl)ccc4[nH]3)C[C@@H]21. The van der Waals surface area contributed by atoms with Crippen LogP contribution in [0.25, 0.3) is 10.9 Å². The van der Waals surface area contributed by atoms with Crippen LogP contribution < -0.4 is 10.6 Å². The molecule has 1 aromatic heterocycles. The molecule has 2 aromatic rings. The Morgan fingerprint density at radius 1 is 1.33 bits per heavy atom. The number of carbonyl (C=O) groups is 4. The summed E-state index contributed by atoms with van der Waals surface area (Å²) >= 11 is 6.07. The molecule has 9 heteroatoms. The van der Waals surface area contributed by atoms with Crippen LogP contribution in [0.3, 0.4) is 0 Å². The number of nitrogens with zero attached hydrogens (tertiary/aromatic N) is 1. The molecule has 0 bridgehead atoms. The third-order valence-corrected chi connectivity index (χ3v) is 7.98. The number of nitrogens with one attached hydrogen (secondary N) is 3. The number of hydrogen-bond acceptors (Lipinski definition) is 4. The van der Waals surface area contributed by atoms with Gasteiger partial charge in [-0.15, -0.1) is 0 Å². The second-order valence-corrected chi connectivity index (χ2v) is 10.5. The van der Waals surface area contributed by atoms with Gasteiger partial charge in [0.2, 0.25) is 11.8 Å². The van der Waals surface area contributed by atoms with E-state index in [4.69, 9.17) is 11.6 Å². The quantitative estimate of drug-likeness (QED) is 0.561. The first kappa shape index (κ1) is 21.9. The van der Waals surface area contributed by atoms with Crippen LogP contribution in [-0.4, -0.2) is 59.1 Å². The van der Waals surface area contributed by atoms with Crippen molar-refractivity contribution >= 4 is 46.5 Å². The maximum atomic E-state index is 13.4. The first-order valence-electron chi connectivity index (χ1n) is 11.3. The second-order valence-electron chi connectivity index (χ2n) is 10.0. The first-order valence-corrected chi connectivity index (χ1v) is 11.7. The van der Waals surface area contributed by atoms with Gasteiger partial charge < -0.3 is 25.3 Å². The molecule has 3 fully saturated rings. The summed E-state index contributed by atoms with van der Waals surface area (Å²) in [5, 5.41) is 6.97. The van der Waals surface area contributed by atoms with Crippen LogP contribution in [0.5, 0.6) is 0 Å². The number of benzene rings is 1. The number of aromatic nitrogens is 1. The number of aldehydes is 1. The number of hydrogen-bond donors (Lipinski definition) is 3. The van der Waals surface area contributed by atoms with Crippen molar-refractivity contribution in [1.82, 2.24) is 20.5 Å². The van der Waals surface area contributed by atoms with Crippen LogP contribution in [0.4, 0.5) is 0 Å². The number of aromatic amines is 1. The van der Waals surface area contributed by atoms with Gasteiger partial charge in [0.05, 0.1) is 6.04 Å². The maximum Gasteiger partial charge on any atom is 0.271 e. The summed E-state index contributed by atoms with van der Waals surface area (Å²) in [6.07, 6.45) is 1.60. The Bertz CT molecular complexity index is 1160. The minimum Gasteiger partial charge on any atom is -0.356 e. The Labute approximate surface area is 196 Å². The molecule has 5 atom stereocenters. The Balaban J connectivity index is 1.36. The first-order chi connectivity index (χ1) is 15.7. The molecule has 3 aliphatic rings. The van der Waals surface area contributed by atoms with Crippen molar-refractivity contribution < 1.29 is 19.2 Å². The molecule has 1 aliphatic carbocycles. The molecule has 3 N–H and O–H groups in total. The van der Waals surface area contributed by atoms with E-state index in [-0.39, 0.29) is 47.3 Å². The summed E-state index contributed by atoms with van der Waals surface area (Å²) in [5.74, 6) is -0.700. The van der Waals surface area contributed by atoms with E-state index in [1.165, 1.54) is 0 Å². The topological polar surface area (TPSA) is 111 Å². The number of likely N-dealkylation sites (tertiary alicyclic amines) is 1. The molecule has 0 spiro atoms. The molecule has 1 aromatic carbocycles. The standard InChI is InChI=1S/C24H27ClN4O4/c1-24(2)16-10-29(23(33)18-9-13-7-14(25)3-4-17(13)28-18)20(19(16)24)22(32)27-15(11-30)8-12-5-6-26-21(12)31/h3-4,7,9,11-12,15-16,19-20,28H,5-6,8,10H2,1-2H3,(H,26,31)(H,27,32)/t12-,15-,16-,19-,20-/m0/s1. The van der Waals surface area contributed by atoms with Gasteiger partial charge in [-0.25, -0.2) is 0 Å². The van der Waals surface area contributed by atoms with E-state index in [2.05, 4.69) is 29.5 Å². The predicted octanol–water partition coefficient (Wildman–Crippen LogP) is 2.13. The summed E-state index contributed by atoms with van der Waals surface area (Å²) < 4.78 is 0. The highest BCUT2D eigenvalue weighted by molar-refractivity contribution is 6.31. The lowest BCUT2D eigenvalue weighted by Crippen LogP contribution is -2.52. The van der Waals surface area contributed by atoms with Crippen molar-refractivity contribution in [3.8, 4) is 0 Å². The van der Waals surface area contributed by atoms with E-state index >= 15 is 0 Å². The molecular formula is C24H27ClN4O4. The number of fused-ring (bicyclic) bond motifs is 2. The van der Waals surface area contributed by atoms with Gasteiger partial charge in [-0.05, 0) is 54.4 Å². The highest BCUT2D eigenvalue weighted by atomic mass is 35.5. The van der Waals surface area contributed by atoms with Crippen molar-refractivity contribution in [3.05, 3.63) is 35.0 Å². The van der Waals surface area contributed by atoms with Crippen molar-refractivity contribution in [3.63, 3.8) is 0 Å². The highest BCUT2D eigenvalue weighted by Crippen LogP contribution is 2.65. The van der Waals surface area contributed by atoms with Gasteiger partial charge in [0.1, 0.15) is 18.0 Å². The third kappa shape index (κ3) is 3.70. The van der Waals surface area contributed by atoms with Crippen LogP contribution in [0.2, 0.25) is 5.02 Å². The zero-order valence-electron chi connectivity index (χ0n) is 18.6. The van der Waals surface area contributed by atoms with Gasteiger partial charge in [0.15, 0.2) is 0 Å². The monoisotopic (exact) mass is 470 g/mol. The zero-order chi connectivity index (χ0) is 23.5. The maximum absolute atomic E-state index is 13.4. The van der Waals surface area contributed by atoms with E-state index in [9.17, 15) is 19.2 Å². The van der Waals surface area contributed by atoms with E-state index in [0.717, 1.165) is 10.9 Å². The van der Waals surface area contributed by atoms with E-state index in [0.29, 0.717) is 36.5 Å². The molecule has 8 nitrogen and oxygen atoms in total. The molecule has 0 unspecified atom stereocenters. The average molecular weight is 471 g/mol. The van der Waals surface area contributed by atoms with Crippen LogP contribution >= 0.6 is 11.6 Å². The predicted molar refractivity (Wildman–Crippen MR) is 123 cm³/mol. The summed E-state index contributed by atoms with van der Waals surface area (Å²) in [7, 11) is 0. The summed E-state index contributed by atoms with van der Waals surface area (Å²) in [4.78, 5) is 55.1. The zero-order valence-corrected chi connectivity index (χ0v) is 19.3. The lowest BCUT2D eigenvalue weighted by atomic mass is 9.97. The molecule has 174 valence electrons. The number of amides is 3. The Morgan fingerprint density at radius 3 is 2.82 bits per heavy atom. The number of halogens is 1. The largest absolute Gasteiger partial charge is 0.356 e. The number of carbonyl (C=O) groups excluding carboxylic acids is 4. The summed E-state index contributed by atoms with van der Waals surface area (Å²) in [6, 6.07) is 5.68. The Kier molecular flexibility index (Phi) is 5.23. The number of piperidine rings is 1. The van der Waals surface area contributed by atoms with Gasteiger partial charge in [-0.3, -0.25) is 14.4 Å². The fraction of sp³-hybridized carbons (Fsp3) is 0.500. The molecule has 33 heavy (non-hydrogen) atoms. The minimum absolute atomic E-state index is 0.0300. The fourth-order valence-corrected chi connectivity index (χ4v) is 5.94. The molecule has 5 rings (SSSR count). The van der Waals surface area contributed by atoms with Crippen LogP contribution in [0, 0.1) is 23.2 Å². The lowest BCUT2D eigenvalue weighted by molar-refractivity contribution is -0.129. The van der Waals surface area contributed by atoms with Gasteiger partial charge in [0.25, 0.3) is 5.91 Å². The fourth-order valence-electron chi connectivity index (χ4n) is 5.76. The van der Waals surface area contributed by atoms with E-state index < -0.39 is 12.1 Å². The molecule has 1 saturated carbocycles. The molecule has 2 saturated heterocycles. The Hall–Kier alpha value is -2.87. The normalized spacial score (nSPS) is 28.3. The number of H-pyrrole nitrogens is 1. The van der Waals surface area contributed by atoms with Gasteiger partial charge in [0, 0.05) is 34.9 Å². The molecular weight excluding hydrogens is 444 g/mol. The molecule has 3 heterocycles. The Morgan fingerprint density at radius 2 is 2.12 bits per heavy atom. The van der Waals surface area contributed by atoms with Gasteiger partial charge in [-0.2, -0.15) is 0 Å².